The maximum absolute atomic E-state index is 12.9. The lowest BCUT2D eigenvalue weighted by molar-refractivity contribution is -0.122. The van der Waals surface area contributed by atoms with E-state index >= 15 is 0 Å². The minimum absolute atomic E-state index is 0.0215. The molecule has 1 aromatic heterocycles. The summed E-state index contributed by atoms with van der Waals surface area (Å²) in [5.74, 6) is 0.459. The van der Waals surface area contributed by atoms with Crippen molar-refractivity contribution in [2.75, 3.05) is 7.05 Å². The maximum atomic E-state index is 12.9. The molecule has 3 aromatic rings. The molecule has 1 aliphatic carbocycles. The number of Topliss-reactive ketones (excluding diaryl/α,β-unsaturated/α-hetero) is 1. The van der Waals surface area contributed by atoms with Crippen LogP contribution in [0.1, 0.15) is 43.0 Å². The SMILES string of the molecule is CCC(=O)[C@H]1CC[C@@H](N(C)C(=O)c2ccc(-c3ccc4cnn(C)c4c3)cc2)C1. The number of fused-ring (bicyclic) bond motifs is 1. The van der Waals surface area contributed by atoms with Crippen molar-refractivity contribution in [3.63, 3.8) is 0 Å². The molecule has 0 unspecified atom stereocenters. The Hall–Kier alpha value is -2.95. The molecule has 4 rings (SSSR count). The van der Waals surface area contributed by atoms with Crippen LogP contribution in [0.25, 0.3) is 22.0 Å². The summed E-state index contributed by atoms with van der Waals surface area (Å²) in [7, 11) is 3.79. The lowest BCUT2D eigenvalue weighted by Gasteiger charge is -2.25. The van der Waals surface area contributed by atoms with Crippen molar-refractivity contribution in [3.8, 4) is 11.1 Å². The van der Waals surface area contributed by atoms with E-state index in [2.05, 4.69) is 23.3 Å². The number of carbonyl (C=O) groups is 2. The van der Waals surface area contributed by atoms with Crippen molar-refractivity contribution in [1.29, 1.82) is 0 Å². The summed E-state index contributed by atoms with van der Waals surface area (Å²) in [5, 5.41) is 5.40. The highest BCUT2D eigenvalue weighted by atomic mass is 16.2. The first-order chi connectivity index (χ1) is 14.0. The Bertz CT molecular complexity index is 1050. The van der Waals surface area contributed by atoms with Crippen LogP contribution in [0.4, 0.5) is 0 Å². The predicted molar refractivity (Wildman–Crippen MR) is 115 cm³/mol. The predicted octanol–water partition coefficient (Wildman–Crippen LogP) is 4.46. The molecule has 0 spiro atoms. The smallest absolute Gasteiger partial charge is 0.253 e. The fraction of sp³-hybridized carbons (Fsp3) is 0.375. The summed E-state index contributed by atoms with van der Waals surface area (Å²) in [6, 6.07) is 14.2. The van der Waals surface area contributed by atoms with Gasteiger partial charge in [0, 0.05) is 43.4 Å². The van der Waals surface area contributed by atoms with Gasteiger partial charge in [0.2, 0.25) is 0 Å². The van der Waals surface area contributed by atoms with Gasteiger partial charge >= 0.3 is 0 Å². The number of aromatic nitrogens is 2. The summed E-state index contributed by atoms with van der Waals surface area (Å²) in [5.41, 5.74) is 3.94. The van der Waals surface area contributed by atoms with Crippen LogP contribution >= 0.6 is 0 Å². The van der Waals surface area contributed by atoms with Gasteiger partial charge in [-0.15, -0.1) is 0 Å². The summed E-state index contributed by atoms with van der Waals surface area (Å²) in [4.78, 5) is 26.7. The first-order valence-corrected chi connectivity index (χ1v) is 10.3. The van der Waals surface area contributed by atoms with Crippen molar-refractivity contribution in [3.05, 3.63) is 54.2 Å². The molecule has 1 amide bonds. The van der Waals surface area contributed by atoms with Crippen molar-refractivity contribution in [2.24, 2.45) is 13.0 Å². The lowest BCUT2D eigenvalue weighted by atomic mass is 10.00. The largest absolute Gasteiger partial charge is 0.339 e. The normalized spacial score (nSPS) is 18.9. The highest BCUT2D eigenvalue weighted by Gasteiger charge is 2.33. The second-order valence-corrected chi connectivity index (χ2v) is 8.02. The molecule has 1 saturated carbocycles. The Balaban J connectivity index is 1.49. The number of carbonyl (C=O) groups excluding carboxylic acids is 2. The number of ketones is 1. The third-order valence-electron chi connectivity index (χ3n) is 6.29. The molecule has 150 valence electrons. The van der Waals surface area contributed by atoms with Gasteiger partial charge in [0.25, 0.3) is 5.91 Å². The Morgan fingerprint density at radius 1 is 1.10 bits per heavy atom. The molecule has 0 aliphatic heterocycles. The molecule has 2 atom stereocenters. The van der Waals surface area contributed by atoms with E-state index in [1.165, 1.54) is 0 Å². The zero-order chi connectivity index (χ0) is 20.5. The van der Waals surface area contributed by atoms with Gasteiger partial charge in [-0.1, -0.05) is 31.2 Å². The minimum Gasteiger partial charge on any atom is -0.339 e. The summed E-state index contributed by atoms with van der Waals surface area (Å²) < 4.78 is 1.86. The number of hydrogen-bond donors (Lipinski definition) is 0. The van der Waals surface area contributed by atoms with Crippen LogP contribution in [0.5, 0.6) is 0 Å². The van der Waals surface area contributed by atoms with E-state index < -0.39 is 0 Å². The van der Waals surface area contributed by atoms with E-state index in [1.807, 2.05) is 61.1 Å². The van der Waals surface area contributed by atoms with E-state index in [-0.39, 0.29) is 17.9 Å². The lowest BCUT2D eigenvalue weighted by Crippen LogP contribution is -2.35. The van der Waals surface area contributed by atoms with Crippen molar-refractivity contribution in [1.82, 2.24) is 14.7 Å². The Kier molecular flexibility index (Phi) is 5.22. The second-order valence-electron chi connectivity index (χ2n) is 8.02. The van der Waals surface area contributed by atoms with Crippen LogP contribution in [0.3, 0.4) is 0 Å². The first kappa shape index (κ1) is 19.4. The highest BCUT2D eigenvalue weighted by molar-refractivity contribution is 5.95. The molecule has 1 aliphatic rings. The number of amides is 1. The summed E-state index contributed by atoms with van der Waals surface area (Å²) in [6.07, 6.45) is 5.03. The number of nitrogens with zero attached hydrogens (tertiary/aromatic N) is 3. The van der Waals surface area contributed by atoms with E-state index in [0.717, 1.165) is 41.3 Å². The number of aryl methyl sites for hydroxylation is 1. The average Bonchev–Trinajstić information content (AvgIpc) is 3.39. The van der Waals surface area contributed by atoms with Crippen molar-refractivity contribution >= 4 is 22.6 Å². The Morgan fingerprint density at radius 3 is 2.55 bits per heavy atom. The van der Waals surface area contributed by atoms with Gasteiger partial charge in [-0.05, 0) is 48.6 Å². The van der Waals surface area contributed by atoms with Crippen molar-refractivity contribution in [2.45, 2.75) is 38.6 Å². The summed E-state index contributed by atoms with van der Waals surface area (Å²) >= 11 is 0. The number of rotatable bonds is 5. The van der Waals surface area contributed by atoms with E-state index in [0.29, 0.717) is 17.8 Å². The number of hydrogen-bond acceptors (Lipinski definition) is 3. The van der Waals surface area contributed by atoms with Crippen molar-refractivity contribution < 1.29 is 9.59 Å². The molecule has 0 radical (unpaired) electrons. The number of benzene rings is 2. The first-order valence-electron chi connectivity index (χ1n) is 10.3. The van der Waals surface area contributed by atoms with Gasteiger partial charge in [0.1, 0.15) is 5.78 Å². The van der Waals surface area contributed by atoms with Gasteiger partial charge < -0.3 is 4.90 Å². The molecular formula is C24H27N3O2. The molecule has 0 saturated heterocycles. The fourth-order valence-electron chi connectivity index (χ4n) is 4.39. The standard InChI is InChI=1S/C24H27N3O2/c1-4-23(28)19-11-12-21(13-19)26(2)24(29)17-7-5-16(6-8-17)18-9-10-20-15-25-27(3)22(20)14-18/h5-10,14-15,19,21H,4,11-13H2,1-3H3/t19-,21+/m0/s1. The molecule has 0 bridgehead atoms. The third-order valence-corrected chi connectivity index (χ3v) is 6.29. The highest BCUT2D eigenvalue weighted by Crippen LogP contribution is 2.31. The molecule has 1 heterocycles. The van der Waals surface area contributed by atoms with E-state index in [9.17, 15) is 9.59 Å². The molecule has 29 heavy (non-hydrogen) atoms. The Morgan fingerprint density at radius 2 is 1.83 bits per heavy atom. The third kappa shape index (κ3) is 3.69. The monoisotopic (exact) mass is 389 g/mol. The van der Waals surface area contributed by atoms with Crippen LogP contribution in [0.2, 0.25) is 0 Å². The molecule has 2 aromatic carbocycles. The van der Waals surface area contributed by atoms with Gasteiger partial charge in [-0.2, -0.15) is 5.10 Å². The van der Waals surface area contributed by atoms with Gasteiger partial charge in [-0.25, -0.2) is 0 Å². The van der Waals surface area contributed by atoms with Gasteiger partial charge in [0.15, 0.2) is 0 Å². The van der Waals surface area contributed by atoms with Crippen LogP contribution in [0.15, 0.2) is 48.7 Å². The summed E-state index contributed by atoms with van der Waals surface area (Å²) in [6.45, 7) is 1.91. The van der Waals surface area contributed by atoms with Crippen LogP contribution < -0.4 is 0 Å². The average molecular weight is 389 g/mol. The van der Waals surface area contributed by atoms with Gasteiger partial charge in [0.05, 0.1) is 11.7 Å². The zero-order valence-electron chi connectivity index (χ0n) is 17.3. The zero-order valence-corrected chi connectivity index (χ0v) is 17.3. The van der Waals surface area contributed by atoms with Crippen LogP contribution in [-0.4, -0.2) is 39.5 Å². The fourth-order valence-corrected chi connectivity index (χ4v) is 4.39. The van der Waals surface area contributed by atoms with E-state index in [1.54, 1.807) is 0 Å². The molecule has 5 nitrogen and oxygen atoms in total. The topological polar surface area (TPSA) is 55.2 Å². The van der Waals surface area contributed by atoms with Crippen LogP contribution in [-0.2, 0) is 11.8 Å². The molecule has 5 heteroatoms. The second kappa shape index (κ2) is 7.82. The quantitative estimate of drug-likeness (QED) is 0.647. The minimum atomic E-state index is 0.0215. The Labute approximate surface area is 171 Å². The molecule has 1 fully saturated rings. The van der Waals surface area contributed by atoms with Crippen LogP contribution in [0, 0.1) is 5.92 Å². The van der Waals surface area contributed by atoms with E-state index in [4.69, 9.17) is 0 Å². The molecular weight excluding hydrogens is 362 g/mol. The van der Waals surface area contributed by atoms with Gasteiger partial charge in [-0.3, -0.25) is 14.3 Å². The molecule has 0 N–H and O–H groups in total. The maximum Gasteiger partial charge on any atom is 0.253 e.